The van der Waals surface area contributed by atoms with Crippen LogP contribution in [-0.4, -0.2) is 57.5 Å². The lowest BCUT2D eigenvalue weighted by Crippen LogP contribution is -2.48. The van der Waals surface area contributed by atoms with Gasteiger partial charge < -0.3 is 24.0 Å². The van der Waals surface area contributed by atoms with E-state index in [1.54, 1.807) is 24.1 Å². The molecular formula is C28H39N3O8Si. The van der Waals surface area contributed by atoms with Crippen molar-refractivity contribution in [1.29, 1.82) is 0 Å². The van der Waals surface area contributed by atoms with Crippen LogP contribution in [0.2, 0.25) is 13.1 Å². The molecule has 1 N–H and O–H groups in total. The number of nitrogens with zero attached hydrogens (tertiary/aromatic N) is 2. The van der Waals surface area contributed by atoms with E-state index >= 15 is 0 Å². The minimum atomic E-state index is -1.52. The van der Waals surface area contributed by atoms with Crippen LogP contribution in [0.5, 0.6) is 5.75 Å². The molecule has 1 aliphatic rings. The monoisotopic (exact) mass is 573 g/mol. The number of nitrogens with one attached hydrogen (secondary N) is 1. The maximum absolute atomic E-state index is 13.3. The third-order valence-electron chi connectivity index (χ3n) is 7.25. The maximum Gasteiger partial charge on any atom is 0.412 e. The first kappa shape index (κ1) is 30.9. The van der Waals surface area contributed by atoms with Crippen LogP contribution >= 0.6 is 0 Å². The topological polar surface area (TPSA) is 129 Å². The smallest absolute Gasteiger partial charge is 0.412 e. The summed E-state index contributed by atoms with van der Waals surface area (Å²) < 4.78 is 22.5. The number of alkyl carbamates (subject to hydrolysis) is 1. The number of amides is 2. The summed E-state index contributed by atoms with van der Waals surface area (Å²) in [6.45, 7) is 11.0. The van der Waals surface area contributed by atoms with Crippen LogP contribution in [0.3, 0.4) is 0 Å². The lowest BCUT2D eigenvalue weighted by Gasteiger charge is -2.41. The Morgan fingerprint density at radius 1 is 1.05 bits per heavy atom. The summed E-state index contributed by atoms with van der Waals surface area (Å²) >= 11 is 0. The first-order valence-corrected chi connectivity index (χ1v) is 16.0. The zero-order valence-corrected chi connectivity index (χ0v) is 25.1. The van der Waals surface area contributed by atoms with E-state index in [0.717, 1.165) is 11.3 Å². The highest BCUT2D eigenvalue weighted by molar-refractivity contribution is 6.48. The standard InChI is InChI=1S/C28H39N3O8Si/c1-27(2,3)28(18-29-25(32)37-16-20-7-11-22(12-8-20)31(34)35)15-24(39-40(5)6)30(19-28)26(33)38-17-21-9-13-23(36-4)14-10-21/h7-14,24,40H,15-19H2,1-6H3,(H,29,32)/t24-,28+/m0/s1. The molecule has 218 valence electrons. The quantitative estimate of drug-likeness (QED) is 0.232. The second-order valence-electron chi connectivity index (χ2n) is 11.3. The highest BCUT2D eigenvalue weighted by Gasteiger charge is 2.53. The molecule has 0 bridgehead atoms. The fourth-order valence-electron chi connectivity index (χ4n) is 4.60. The van der Waals surface area contributed by atoms with E-state index in [-0.39, 0.29) is 30.9 Å². The summed E-state index contributed by atoms with van der Waals surface area (Å²) in [5, 5.41) is 13.7. The van der Waals surface area contributed by atoms with Gasteiger partial charge in [0.1, 0.15) is 25.2 Å². The Morgan fingerprint density at radius 3 is 2.15 bits per heavy atom. The summed E-state index contributed by atoms with van der Waals surface area (Å²) in [6.07, 6.45) is -1.02. The van der Waals surface area contributed by atoms with E-state index in [1.807, 2.05) is 37.4 Å². The second-order valence-corrected chi connectivity index (χ2v) is 13.6. The van der Waals surface area contributed by atoms with E-state index in [4.69, 9.17) is 18.6 Å². The molecule has 12 heteroatoms. The van der Waals surface area contributed by atoms with Crippen molar-refractivity contribution in [3.63, 3.8) is 0 Å². The zero-order valence-electron chi connectivity index (χ0n) is 24.0. The molecule has 1 fully saturated rings. The first-order chi connectivity index (χ1) is 18.8. The predicted octanol–water partition coefficient (Wildman–Crippen LogP) is 5.23. The van der Waals surface area contributed by atoms with Crippen molar-refractivity contribution in [2.75, 3.05) is 20.2 Å². The van der Waals surface area contributed by atoms with Crippen molar-refractivity contribution in [3.8, 4) is 5.75 Å². The third-order valence-corrected chi connectivity index (χ3v) is 8.11. The number of likely N-dealkylation sites (tertiary alicyclic amines) is 1. The highest BCUT2D eigenvalue weighted by Crippen LogP contribution is 2.48. The molecule has 0 radical (unpaired) electrons. The van der Waals surface area contributed by atoms with Gasteiger partial charge in [0.2, 0.25) is 0 Å². The summed E-state index contributed by atoms with van der Waals surface area (Å²) in [5.74, 6) is 0.721. The molecule has 2 atom stereocenters. The average Bonchev–Trinajstić information content (AvgIpc) is 3.29. The van der Waals surface area contributed by atoms with Gasteiger partial charge in [-0.3, -0.25) is 15.0 Å². The van der Waals surface area contributed by atoms with Crippen LogP contribution in [0, 0.1) is 20.9 Å². The van der Waals surface area contributed by atoms with Gasteiger partial charge >= 0.3 is 12.2 Å². The van der Waals surface area contributed by atoms with Gasteiger partial charge in [-0.2, -0.15) is 0 Å². The van der Waals surface area contributed by atoms with Crippen molar-refractivity contribution < 1.29 is 33.1 Å². The van der Waals surface area contributed by atoms with Gasteiger partial charge in [0.25, 0.3) is 5.69 Å². The van der Waals surface area contributed by atoms with Gasteiger partial charge in [0, 0.05) is 37.1 Å². The number of benzene rings is 2. The summed E-state index contributed by atoms with van der Waals surface area (Å²) in [7, 11) is 0.0751. The van der Waals surface area contributed by atoms with Crippen molar-refractivity contribution in [2.24, 2.45) is 10.8 Å². The number of methoxy groups -OCH3 is 1. The molecule has 0 saturated carbocycles. The summed E-state index contributed by atoms with van der Waals surface area (Å²) in [6, 6.07) is 13.1. The summed E-state index contributed by atoms with van der Waals surface area (Å²) in [5.41, 5.74) is 0.628. The average molecular weight is 574 g/mol. The fraction of sp³-hybridized carbons (Fsp3) is 0.500. The van der Waals surface area contributed by atoms with Crippen LogP contribution in [0.4, 0.5) is 15.3 Å². The van der Waals surface area contributed by atoms with Crippen molar-refractivity contribution in [3.05, 3.63) is 69.8 Å². The molecule has 11 nitrogen and oxygen atoms in total. The number of ether oxygens (including phenoxy) is 3. The van der Waals surface area contributed by atoms with Crippen molar-refractivity contribution in [2.45, 2.75) is 59.7 Å². The number of nitro groups is 1. The van der Waals surface area contributed by atoms with Crippen LogP contribution in [0.1, 0.15) is 38.3 Å². The number of carbonyl (C=O) groups excluding carboxylic acids is 2. The maximum atomic E-state index is 13.3. The Hall–Kier alpha value is -3.64. The van der Waals surface area contributed by atoms with Crippen molar-refractivity contribution in [1.82, 2.24) is 10.2 Å². The Bertz CT molecular complexity index is 1170. The van der Waals surface area contributed by atoms with E-state index < -0.39 is 37.8 Å². The first-order valence-electron chi connectivity index (χ1n) is 13.2. The molecule has 0 aromatic heterocycles. The van der Waals surface area contributed by atoms with Gasteiger partial charge in [-0.15, -0.1) is 0 Å². The van der Waals surface area contributed by atoms with Gasteiger partial charge in [0.05, 0.1) is 12.0 Å². The molecule has 0 unspecified atom stereocenters. The molecule has 2 amide bonds. The third kappa shape index (κ3) is 7.95. The minimum absolute atomic E-state index is 0.0269. The number of hydrogen-bond donors (Lipinski definition) is 1. The van der Waals surface area contributed by atoms with Gasteiger partial charge in [0.15, 0.2) is 9.04 Å². The Morgan fingerprint density at radius 2 is 1.62 bits per heavy atom. The molecule has 1 aliphatic heterocycles. The lowest BCUT2D eigenvalue weighted by atomic mass is 9.65. The Balaban J connectivity index is 1.66. The minimum Gasteiger partial charge on any atom is -0.497 e. The normalized spacial score (nSPS) is 18.9. The Labute approximate surface area is 236 Å². The van der Waals surface area contributed by atoms with Crippen LogP contribution < -0.4 is 10.1 Å². The van der Waals surface area contributed by atoms with Crippen LogP contribution in [0.25, 0.3) is 0 Å². The molecule has 1 heterocycles. The molecule has 2 aromatic carbocycles. The van der Waals surface area contributed by atoms with E-state index in [1.165, 1.54) is 12.1 Å². The van der Waals surface area contributed by atoms with Crippen molar-refractivity contribution >= 4 is 26.9 Å². The molecule has 0 aliphatic carbocycles. The number of hydrogen-bond acceptors (Lipinski definition) is 8. The fourth-order valence-corrected chi connectivity index (χ4v) is 5.47. The van der Waals surface area contributed by atoms with Gasteiger partial charge in [-0.1, -0.05) is 32.9 Å². The molecule has 40 heavy (non-hydrogen) atoms. The second kappa shape index (κ2) is 13.1. The molecule has 0 spiro atoms. The number of carbonyl (C=O) groups is 2. The number of non-ortho nitro benzene ring substituents is 1. The van der Waals surface area contributed by atoms with Gasteiger partial charge in [-0.05, 0) is 53.9 Å². The van der Waals surface area contributed by atoms with Crippen LogP contribution in [-0.2, 0) is 27.1 Å². The molecular weight excluding hydrogens is 534 g/mol. The van der Waals surface area contributed by atoms with Crippen LogP contribution in [0.15, 0.2) is 48.5 Å². The number of rotatable bonds is 10. The largest absolute Gasteiger partial charge is 0.497 e. The van der Waals surface area contributed by atoms with Gasteiger partial charge in [-0.25, -0.2) is 9.59 Å². The Kier molecular flexibility index (Phi) is 10.1. The van der Waals surface area contributed by atoms with E-state index in [9.17, 15) is 19.7 Å². The highest BCUT2D eigenvalue weighted by atomic mass is 28.3. The molecule has 1 saturated heterocycles. The summed E-state index contributed by atoms with van der Waals surface area (Å²) in [4.78, 5) is 37.9. The van der Waals surface area contributed by atoms with E-state index in [2.05, 4.69) is 26.1 Å². The predicted molar refractivity (Wildman–Crippen MR) is 151 cm³/mol. The zero-order chi connectivity index (χ0) is 29.5. The molecule has 2 aromatic rings. The van der Waals surface area contributed by atoms with E-state index in [0.29, 0.717) is 18.5 Å². The lowest BCUT2D eigenvalue weighted by molar-refractivity contribution is -0.384. The SMILES string of the molecule is COc1ccc(COC(=O)N2C[C@@](CNC(=O)OCc3ccc([N+](=O)[O-])cc3)(C(C)(C)C)C[C@@H]2O[SiH](C)C)cc1. The molecule has 3 rings (SSSR count). The number of nitro benzene ring substituents is 1.